The van der Waals surface area contributed by atoms with Gasteiger partial charge in [0.25, 0.3) is 0 Å². The lowest BCUT2D eigenvalue weighted by atomic mass is 10.2. The Hall–Kier alpha value is 0.730. The molecule has 68 valence electrons. The molecule has 0 rings (SSSR count). The molecule has 0 aliphatic carbocycles. The zero-order valence-corrected chi connectivity index (χ0v) is 8.64. The zero-order valence-electron chi connectivity index (χ0n) is 6.24. The van der Waals surface area contributed by atoms with Crippen LogP contribution in [0.2, 0.25) is 0 Å². The lowest BCUT2D eigenvalue weighted by molar-refractivity contribution is 0.355. The van der Waals surface area contributed by atoms with Gasteiger partial charge in [-0.25, -0.2) is 0 Å². The molecule has 6 heteroatoms. The first-order valence-corrected chi connectivity index (χ1v) is 5.65. The zero-order chi connectivity index (χ0) is 9.23. The number of halogens is 2. The van der Waals surface area contributed by atoms with E-state index in [4.69, 9.17) is 33.0 Å². The molecule has 0 aromatic heterocycles. The molecule has 0 aliphatic rings. The van der Waals surface area contributed by atoms with Gasteiger partial charge < -0.3 is 9.79 Å². The van der Waals surface area contributed by atoms with E-state index in [0.717, 1.165) is 0 Å². The standard InChI is InChI=1S/C5H11Cl2O3P/c1-3(6)5(4(2)7)11(8,9)10/h3-5H,1-2H3,(H2,8,9,10). The maximum absolute atomic E-state index is 10.7. The van der Waals surface area contributed by atoms with Gasteiger partial charge in [0, 0.05) is 10.8 Å². The Morgan fingerprint density at radius 3 is 1.45 bits per heavy atom. The van der Waals surface area contributed by atoms with Crippen molar-refractivity contribution in [2.75, 3.05) is 0 Å². The van der Waals surface area contributed by atoms with Crippen molar-refractivity contribution in [2.24, 2.45) is 0 Å². The highest BCUT2D eigenvalue weighted by Gasteiger charge is 2.36. The Kier molecular flexibility index (Phi) is 4.38. The van der Waals surface area contributed by atoms with Crippen LogP contribution in [0.5, 0.6) is 0 Å². The Labute approximate surface area is 75.9 Å². The first-order valence-electron chi connectivity index (χ1n) is 3.10. The summed E-state index contributed by atoms with van der Waals surface area (Å²) in [5.41, 5.74) is -0.967. The Bertz CT molecular complexity index is 157. The second kappa shape index (κ2) is 4.11. The summed E-state index contributed by atoms with van der Waals surface area (Å²) in [6.07, 6.45) is 0. The monoisotopic (exact) mass is 220 g/mol. The van der Waals surface area contributed by atoms with Gasteiger partial charge in [-0.05, 0) is 13.8 Å². The van der Waals surface area contributed by atoms with Gasteiger partial charge >= 0.3 is 7.60 Å². The van der Waals surface area contributed by atoms with Crippen molar-refractivity contribution >= 4 is 30.8 Å². The van der Waals surface area contributed by atoms with E-state index in [9.17, 15) is 4.57 Å². The molecule has 0 aliphatic heterocycles. The van der Waals surface area contributed by atoms with E-state index in [1.807, 2.05) is 0 Å². The molecular formula is C5H11Cl2O3P. The summed E-state index contributed by atoms with van der Waals surface area (Å²) in [5.74, 6) is 0. The molecule has 3 nitrogen and oxygen atoms in total. The summed E-state index contributed by atoms with van der Waals surface area (Å²) in [6.45, 7) is 3.04. The van der Waals surface area contributed by atoms with Gasteiger partial charge in [-0.3, -0.25) is 4.57 Å². The smallest absolute Gasteiger partial charge is 0.324 e. The molecule has 2 atom stereocenters. The molecule has 0 radical (unpaired) electrons. The summed E-state index contributed by atoms with van der Waals surface area (Å²) < 4.78 is 10.7. The van der Waals surface area contributed by atoms with E-state index in [1.165, 1.54) is 13.8 Å². The van der Waals surface area contributed by atoms with Crippen LogP contribution in [0, 0.1) is 0 Å². The van der Waals surface area contributed by atoms with Crippen molar-refractivity contribution in [1.29, 1.82) is 0 Å². The number of rotatable bonds is 3. The van der Waals surface area contributed by atoms with Gasteiger partial charge in [-0.2, -0.15) is 0 Å². The fourth-order valence-corrected chi connectivity index (χ4v) is 3.36. The maximum Gasteiger partial charge on any atom is 0.331 e. The second-order valence-electron chi connectivity index (χ2n) is 2.43. The molecule has 0 fully saturated rings. The number of alkyl halides is 2. The van der Waals surface area contributed by atoms with Gasteiger partial charge in [0.1, 0.15) is 0 Å². The fourth-order valence-electron chi connectivity index (χ4n) is 0.901. The lowest BCUT2D eigenvalue weighted by Crippen LogP contribution is -2.26. The van der Waals surface area contributed by atoms with Crippen molar-refractivity contribution in [3.63, 3.8) is 0 Å². The van der Waals surface area contributed by atoms with Crippen LogP contribution in [0.15, 0.2) is 0 Å². The molecule has 0 heterocycles. The highest BCUT2D eigenvalue weighted by atomic mass is 35.5. The predicted molar refractivity (Wildman–Crippen MR) is 46.5 cm³/mol. The van der Waals surface area contributed by atoms with Gasteiger partial charge in [-0.15, -0.1) is 23.2 Å². The Morgan fingerprint density at radius 1 is 1.18 bits per heavy atom. The third kappa shape index (κ3) is 3.77. The van der Waals surface area contributed by atoms with E-state index < -0.39 is 24.0 Å². The Balaban J connectivity index is 4.49. The van der Waals surface area contributed by atoms with Crippen molar-refractivity contribution < 1.29 is 14.4 Å². The molecule has 0 saturated heterocycles. The molecule has 2 N–H and O–H groups in total. The number of hydrogen-bond donors (Lipinski definition) is 2. The molecule has 0 spiro atoms. The van der Waals surface area contributed by atoms with Crippen LogP contribution in [0.25, 0.3) is 0 Å². The normalized spacial score (nSPS) is 20.9. The third-order valence-corrected chi connectivity index (χ3v) is 3.90. The van der Waals surface area contributed by atoms with Gasteiger partial charge in [0.2, 0.25) is 0 Å². The average Bonchev–Trinajstić information content (AvgIpc) is 1.54. The first-order chi connectivity index (χ1) is 4.76. The minimum absolute atomic E-state index is 0.622. The van der Waals surface area contributed by atoms with Gasteiger partial charge in [0.05, 0.1) is 5.66 Å². The summed E-state index contributed by atoms with van der Waals surface area (Å²) in [4.78, 5) is 17.5. The highest BCUT2D eigenvalue weighted by Crippen LogP contribution is 2.47. The minimum atomic E-state index is -4.15. The second-order valence-corrected chi connectivity index (χ2v) is 5.59. The van der Waals surface area contributed by atoms with E-state index in [0.29, 0.717) is 0 Å². The minimum Gasteiger partial charge on any atom is -0.324 e. The van der Waals surface area contributed by atoms with Crippen molar-refractivity contribution in [2.45, 2.75) is 30.3 Å². The van der Waals surface area contributed by atoms with Crippen LogP contribution in [0.1, 0.15) is 13.8 Å². The largest absolute Gasteiger partial charge is 0.331 e. The topological polar surface area (TPSA) is 57.5 Å². The lowest BCUT2D eigenvalue weighted by Gasteiger charge is -2.22. The van der Waals surface area contributed by atoms with E-state index in [2.05, 4.69) is 0 Å². The molecule has 0 aromatic rings. The predicted octanol–water partition coefficient (Wildman–Crippen LogP) is 1.79. The van der Waals surface area contributed by atoms with Crippen LogP contribution in [0.4, 0.5) is 0 Å². The molecule has 2 unspecified atom stereocenters. The SMILES string of the molecule is CC(Cl)C(C(C)Cl)P(=O)(O)O. The molecule has 0 aromatic carbocycles. The van der Waals surface area contributed by atoms with Crippen LogP contribution < -0.4 is 0 Å². The fraction of sp³-hybridized carbons (Fsp3) is 1.00. The third-order valence-electron chi connectivity index (χ3n) is 1.33. The van der Waals surface area contributed by atoms with E-state index in [1.54, 1.807) is 0 Å². The van der Waals surface area contributed by atoms with Crippen molar-refractivity contribution in [3.8, 4) is 0 Å². The summed E-state index contributed by atoms with van der Waals surface area (Å²) in [6, 6.07) is 0. The average molecular weight is 221 g/mol. The quantitative estimate of drug-likeness (QED) is 0.564. The van der Waals surface area contributed by atoms with E-state index in [-0.39, 0.29) is 0 Å². The van der Waals surface area contributed by atoms with Gasteiger partial charge in [-0.1, -0.05) is 0 Å². The highest BCUT2D eigenvalue weighted by molar-refractivity contribution is 7.53. The summed E-state index contributed by atoms with van der Waals surface area (Å²) in [7, 11) is -4.15. The number of hydrogen-bond acceptors (Lipinski definition) is 1. The Morgan fingerprint density at radius 2 is 1.45 bits per heavy atom. The van der Waals surface area contributed by atoms with Crippen molar-refractivity contribution in [1.82, 2.24) is 0 Å². The van der Waals surface area contributed by atoms with E-state index >= 15 is 0 Å². The summed E-state index contributed by atoms with van der Waals surface area (Å²) >= 11 is 11.1. The van der Waals surface area contributed by atoms with Crippen LogP contribution in [-0.2, 0) is 4.57 Å². The molecule has 11 heavy (non-hydrogen) atoms. The molecule has 0 amide bonds. The van der Waals surface area contributed by atoms with Crippen LogP contribution in [0.3, 0.4) is 0 Å². The molecular weight excluding hydrogens is 210 g/mol. The first kappa shape index (κ1) is 11.7. The summed E-state index contributed by atoms with van der Waals surface area (Å²) in [5, 5.41) is -1.24. The molecule has 0 bridgehead atoms. The molecule has 0 saturated carbocycles. The van der Waals surface area contributed by atoms with Crippen LogP contribution in [-0.4, -0.2) is 26.2 Å². The van der Waals surface area contributed by atoms with Crippen molar-refractivity contribution in [3.05, 3.63) is 0 Å². The van der Waals surface area contributed by atoms with Crippen LogP contribution >= 0.6 is 30.8 Å². The maximum atomic E-state index is 10.7. The van der Waals surface area contributed by atoms with Gasteiger partial charge in [0.15, 0.2) is 0 Å².